The quantitative estimate of drug-likeness (QED) is 0.689. The molecule has 2 rings (SSSR count). The van der Waals surface area contributed by atoms with E-state index in [2.05, 4.69) is 4.98 Å². The van der Waals surface area contributed by atoms with Gasteiger partial charge in [0.15, 0.2) is 0 Å². The van der Waals surface area contributed by atoms with Crippen molar-refractivity contribution in [1.82, 2.24) is 9.55 Å². The van der Waals surface area contributed by atoms with Crippen molar-refractivity contribution in [3.8, 4) is 17.4 Å². The molecule has 1 heterocycles. The van der Waals surface area contributed by atoms with Crippen LogP contribution in [0, 0.1) is 5.82 Å². The van der Waals surface area contributed by atoms with Crippen LogP contribution < -0.4 is 15.0 Å². The highest BCUT2D eigenvalue weighted by Crippen LogP contribution is 2.43. The summed E-state index contributed by atoms with van der Waals surface area (Å²) >= 11 is 5.74. The van der Waals surface area contributed by atoms with Crippen molar-refractivity contribution in [1.29, 1.82) is 0 Å². The average Bonchev–Trinajstić information content (AvgIpc) is 2.55. The van der Waals surface area contributed by atoms with Crippen LogP contribution in [0.25, 0.3) is 5.69 Å². The number of aromatic nitrogens is 2. The predicted octanol–water partition coefficient (Wildman–Crippen LogP) is 4.09. The lowest BCUT2D eigenvalue weighted by Crippen LogP contribution is -2.37. The topological polar surface area (TPSA) is 53.3 Å². The van der Waals surface area contributed by atoms with Crippen LogP contribution in [0.15, 0.2) is 23.0 Å². The Balaban J connectivity index is 2.78. The first-order valence-corrected chi connectivity index (χ1v) is 7.57. The molecule has 0 radical (unpaired) electrons. The van der Waals surface area contributed by atoms with Gasteiger partial charge in [0.25, 0.3) is 5.56 Å². The number of hydrogen-bond acceptors (Lipinski definition) is 4. The predicted molar refractivity (Wildman–Crippen MR) is 82.5 cm³/mol. The lowest BCUT2D eigenvalue weighted by atomic mass is 10.2. The molecule has 1 aromatic heterocycles. The number of ether oxygens (including phenoxy) is 2. The van der Waals surface area contributed by atoms with Crippen molar-refractivity contribution in [2.75, 3.05) is 13.7 Å². The molecule has 0 bridgehead atoms. The Morgan fingerprint density at radius 3 is 2.33 bits per heavy atom. The zero-order chi connectivity index (χ0) is 20.6. The van der Waals surface area contributed by atoms with Crippen LogP contribution >= 0.6 is 11.6 Å². The second-order valence-corrected chi connectivity index (χ2v) is 5.45. The van der Waals surface area contributed by atoms with E-state index in [0.717, 1.165) is 12.1 Å². The second kappa shape index (κ2) is 7.29. The third-order valence-corrected chi connectivity index (χ3v) is 3.60. The Labute approximate surface area is 153 Å². The molecule has 0 fully saturated rings. The summed E-state index contributed by atoms with van der Waals surface area (Å²) in [5.41, 5.74) is -3.85. The summed E-state index contributed by atoms with van der Waals surface area (Å²) in [6.07, 6.45) is -5.99. The Morgan fingerprint density at radius 2 is 1.81 bits per heavy atom. The van der Waals surface area contributed by atoms with E-state index in [1.807, 2.05) is 0 Å². The molecule has 2 aromatic rings. The molecular formula is C15H11ClF6N2O3. The molecule has 0 aliphatic heterocycles. The van der Waals surface area contributed by atoms with E-state index in [0.29, 0.717) is 4.57 Å². The smallest absolute Gasteiger partial charge is 0.459 e. The van der Waals surface area contributed by atoms with Gasteiger partial charge in [0.05, 0.1) is 24.4 Å². The summed E-state index contributed by atoms with van der Waals surface area (Å²) in [5.74, 6) is -6.57. The summed E-state index contributed by atoms with van der Waals surface area (Å²) in [5, 5.41) is -0.155. The van der Waals surface area contributed by atoms with Crippen molar-refractivity contribution in [3.05, 3.63) is 45.1 Å². The zero-order valence-electron chi connectivity index (χ0n) is 13.7. The van der Waals surface area contributed by atoms with Crippen LogP contribution in [0.3, 0.4) is 0 Å². The van der Waals surface area contributed by atoms with Crippen LogP contribution in [-0.2, 0) is 5.92 Å². The van der Waals surface area contributed by atoms with Gasteiger partial charge in [-0.3, -0.25) is 4.79 Å². The molecule has 0 saturated carbocycles. The molecule has 5 nitrogen and oxygen atoms in total. The van der Waals surface area contributed by atoms with Crippen molar-refractivity contribution in [2.24, 2.45) is 0 Å². The van der Waals surface area contributed by atoms with Crippen LogP contribution in [0.2, 0.25) is 5.02 Å². The van der Waals surface area contributed by atoms with E-state index in [4.69, 9.17) is 21.1 Å². The largest absolute Gasteiger partial charge is 0.495 e. The van der Waals surface area contributed by atoms with Crippen LogP contribution in [0.4, 0.5) is 26.3 Å². The van der Waals surface area contributed by atoms with Crippen molar-refractivity contribution >= 4 is 11.6 Å². The minimum absolute atomic E-state index is 0.0451. The number of benzene rings is 1. The van der Waals surface area contributed by atoms with E-state index in [1.165, 1.54) is 14.0 Å². The summed E-state index contributed by atoms with van der Waals surface area (Å²) in [6.45, 7) is 1.11. The third-order valence-electron chi connectivity index (χ3n) is 3.30. The van der Waals surface area contributed by atoms with Crippen molar-refractivity contribution < 1.29 is 35.8 Å². The standard InChI is InChI=1S/C15H11ClF6N2O3/c1-3-27-13-23-11(14(18,19)15(20,21)22)6-12(25)24(13)9-5-10(26-2)7(16)4-8(9)17/h4-6H,3H2,1-2H3. The molecule has 0 saturated heterocycles. The highest BCUT2D eigenvalue weighted by Gasteiger charge is 2.60. The highest BCUT2D eigenvalue weighted by molar-refractivity contribution is 6.32. The molecule has 1 aromatic carbocycles. The molecule has 27 heavy (non-hydrogen) atoms. The van der Waals surface area contributed by atoms with Crippen LogP contribution in [0.5, 0.6) is 11.8 Å². The number of rotatable bonds is 5. The zero-order valence-corrected chi connectivity index (χ0v) is 14.5. The summed E-state index contributed by atoms with van der Waals surface area (Å²) in [7, 11) is 1.19. The lowest BCUT2D eigenvalue weighted by Gasteiger charge is -2.21. The maximum Gasteiger partial charge on any atom is 0.459 e. The van der Waals surface area contributed by atoms with Gasteiger partial charge >= 0.3 is 18.1 Å². The highest BCUT2D eigenvalue weighted by atomic mass is 35.5. The fourth-order valence-corrected chi connectivity index (χ4v) is 2.29. The van der Waals surface area contributed by atoms with Crippen LogP contribution in [-0.4, -0.2) is 29.4 Å². The van der Waals surface area contributed by atoms with Gasteiger partial charge in [-0.25, -0.2) is 8.96 Å². The molecule has 148 valence electrons. The average molecular weight is 417 g/mol. The maximum absolute atomic E-state index is 14.3. The first kappa shape index (κ1) is 20.9. The fraction of sp³-hybridized carbons (Fsp3) is 0.333. The summed E-state index contributed by atoms with van der Waals surface area (Å²) < 4.78 is 89.2. The summed E-state index contributed by atoms with van der Waals surface area (Å²) in [4.78, 5) is 15.3. The minimum atomic E-state index is -5.99. The summed E-state index contributed by atoms with van der Waals surface area (Å²) in [6, 6.07) is 0.726. The van der Waals surface area contributed by atoms with Gasteiger partial charge in [-0.15, -0.1) is 0 Å². The molecule has 0 aliphatic carbocycles. The normalized spacial score (nSPS) is 12.2. The Hall–Kier alpha value is -2.43. The van der Waals surface area contributed by atoms with Gasteiger partial charge in [0, 0.05) is 12.1 Å². The molecule has 0 amide bonds. The van der Waals surface area contributed by atoms with E-state index in [1.54, 1.807) is 0 Å². The van der Waals surface area contributed by atoms with Gasteiger partial charge in [0.1, 0.15) is 17.3 Å². The Morgan fingerprint density at radius 1 is 1.19 bits per heavy atom. The Bertz CT molecular complexity index is 914. The molecule has 0 aliphatic rings. The monoisotopic (exact) mass is 416 g/mol. The van der Waals surface area contributed by atoms with Crippen molar-refractivity contribution in [3.63, 3.8) is 0 Å². The first-order chi connectivity index (χ1) is 12.4. The van der Waals surface area contributed by atoms with E-state index >= 15 is 0 Å². The van der Waals surface area contributed by atoms with Gasteiger partial charge in [-0.2, -0.15) is 26.9 Å². The molecule has 0 N–H and O–H groups in total. The second-order valence-electron chi connectivity index (χ2n) is 5.04. The van der Waals surface area contributed by atoms with Gasteiger partial charge in [-0.1, -0.05) is 11.6 Å². The Kier molecular flexibility index (Phi) is 5.64. The number of nitrogens with zero attached hydrogens (tertiary/aromatic N) is 2. The molecular weight excluding hydrogens is 406 g/mol. The first-order valence-electron chi connectivity index (χ1n) is 7.19. The van der Waals surface area contributed by atoms with Gasteiger partial charge < -0.3 is 9.47 Å². The number of halogens is 7. The van der Waals surface area contributed by atoms with Crippen LogP contribution in [0.1, 0.15) is 12.6 Å². The molecule has 0 atom stereocenters. The van der Waals surface area contributed by atoms with Gasteiger partial charge in [-0.05, 0) is 13.0 Å². The fourth-order valence-electron chi connectivity index (χ4n) is 2.06. The minimum Gasteiger partial charge on any atom is -0.495 e. The van der Waals surface area contributed by atoms with E-state index < -0.39 is 40.9 Å². The molecule has 0 spiro atoms. The van der Waals surface area contributed by atoms with Gasteiger partial charge in [0.2, 0.25) is 0 Å². The van der Waals surface area contributed by atoms with E-state index in [9.17, 15) is 31.1 Å². The van der Waals surface area contributed by atoms with Crippen molar-refractivity contribution in [2.45, 2.75) is 19.0 Å². The molecule has 0 unspecified atom stereocenters. The maximum atomic E-state index is 14.3. The number of alkyl halides is 5. The third kappa shape index (κ3) is 3.82. The number of methoxy groups -OCH3 is 1. The van der Waals surface area contributed by atoms with E-state index in [-0.39, 0.29) is 23.4 Å². The number of hydrogen-bond donors (Lipinski definition) is 0. The SMILES string of the molecule is CCOc1nc(C(F)(F)C(F)(F)F)cc(=O)n1-c1cc(OC)c(Cl)cc1F. The molecule has 12 heteroatoms. The lowest BCUT2D eigenvalue weighted by molar-refractivity contribution is -0.291.